The highest BCUT2D eigenvalue weighted by Gasteiger charge is 2.27. The maximum Gasteiger partial charge on any atom is 0.222 e. The number of hydrogen-bond donors (Lipinski definition) is 0. The van der Waals surface area contributed by atoms with E-state index in [9.17, 15) is 14.4 Å². The lowest BCUT2D eigenvalue weighted by Crippen LogP contribution is -2.49. The number of rotatable bonds is 4. The topological polar surface area (TPSA) is 50.6 Å². The average molecular weight is 358 g/mol. The fraction of sp³-hybridized carbons (Fsp3) is 0.600. The summed E-state index contributed by atoms with van der Waals surface area (Å²) in [4.78, 5) is 19.0. The van der Waals surface area contributed by atoms with Gasteiger partial charge in [-0.05, 0) is 37.4 Å². The molecule has 140 valence electrons. The lowest BCUT2D eigenvalue weighted by atomic mass is 9.92. The summed E-state index contributed by atoms with van der Waals surface area (Å²) in [7, 11) is 0. The number of piperazine rings is 1. The quantitative estimate of drug-likeness (QED) is 0.830. The van der Waals surface area contributed by atoms with Crippen LogP contribution >= 0.6 is 0 Å². The molecule has 0 radical (unpaired) electrons. The monoisotopic (exact) mass is 358 g/mol. The van der Waals surface area contributed by atoms with E-state index in [2.05, 4.69) is 16.7 Å². The Morgan fingerprint density at radius 3 is 2.50 bits per heavy atom. The van der Waals surface area contributed by atoms with E-state index in [1.165, 1.54) is 6.07 Å². The van der Waals surface area contributed by atoms with Gasteiger partial charge in [0.2, 0.25) is 5.91 Å². The Hall–Kier alpha value is -2.13. The molecule has 26 heavy (non-hydrogen) atoms. The minimum Gasteiger partial charge on any atom is -0.370 e. The van der Waals surface area contributed by atoms with E-state index in [1.54, 1.807) is 12.1 Å². The van der Waals surface area contributed by atoms with Crippen LogP contribution in [0.1, 0.15) is 31.7 Å². The van der Waals surface area contributed by atoms with Gasteiger partial charge in [0.1, 0.15) is 17.4 Å². The van der Waals surface area contributed by atoms with Gasteiger partial charge in [0.25, 0.3) is 0 Å². The summed E-state index contributed by atoms with van der Waals surface area (Å²) in [5.41, 5.74) is 0.795. The number of amides is 1. The number of benzene rings is 1. The highest BCUT2D eigenvalue weighted by Crippen LogP contribution is 2.29. The van der Waals surface area contributed by atoms with Crippen molar-refractivity contribution < 1.29 is 9.18 Å². The van der Waals surface area contributed by atoms with Crippen LogP contribution in [0.4, 0.5) is 10.1 Å². The van der Waals surface area contributed by atoms with E-state index in [0.717, 1.165) is 58.7 Å². The minimum atomic E-state index is -0.464. The highest BCUT2D eigenvalue weighted by molar-refractivity contribution is 5.76. The van der Waals surface area contributed by atoms with Crippen LogP contribution in [-0.2, 0) is 4.79 Å². The lowest BCUT2D eigenvalue weighted by Gasteiger charge is -2.37. The van der Waals surface area contributed by atoms with E-state index < -0.39 is 5.82 Å². The molecule has 2 heterocycles. The van der Waals surface area contributed by atoms with E-state index in [4.69, 9.17) is 0 Å². The molecule has 5 nitrogen and oxygen atoms in total. The zero-order chi connectivity index (χ0) is 18.5. The second kappa shape index (κ2) is 8.50. The van der Waals surface area contributed by atoms with Crippen LogP contribution in [0.25, 0.3) is 0 Å². The SMILES string of the molecule is CCN1CCN(C(=O)CC2CCN(c3cccc(F)c3C#N)CC2)CC1. The summed E-state index contributed by atoms with van der Waals surface area (Å²) >= 11 is 0. The average Bonchev–Trinajstić information content (AvgIpc) is 2.68. The molecule has 2 fully saturated rings. The molecule has 0 spiro atoms. The molecule has 0 unspecified atom stereocenters. The van der Waals surface area contributed by atoms with E-state index in [0.29, 0.717) is 18.0 Å². The third-order valence-corrected chi connectivity index (χ3v) is 5.69. The third kappa shape index (κ3) is 4.16. The van der Waals surface area contributed by atoms with Crippen molar-refractivity contribution in [2.24, 2.45) is 5.92 Å². The summed E-state index contributed by atoms with van der Waals surface area (Å²) < 4.78 is 13.8. The van der Waals surface area contributed by atoms with Gasteiger partial charge in [-0.25, -0.2) is 4.39 Å². The molecule has 1 aromatic rings. The molecule has 1 aromatic carbocycles. The molecule has 2 aliphatic rings. The molecule has 6 heteroatoms. The van der Waals surface area contributed by atoms with Crippen molar-refractivity contribution in [3.63, 3.8) is 0 Å². The molecular weight excluding hydrogens is 331 g/mol. The molecular formula is C20H27FN4O. The summed E-state index contributed by atoms with van der Waals surface area (Å²) in [5, 5.41) is 9.21. The Morgan fingerprint density at radius 2 is 1.88 bits per heavy atom. The molecule has 2 saturated heterocycles. The standard InChI is InChI=1S/C20H27FN4O/c1-2-23-10-12-25(13-11-23)20(26)14-16-6-8-24(9-7-16)19-5-3-4-18(21)17(19)15-22/h3-5,16H,2,6-14H2,1H3. The number of nitrogens with zero attached hydrogens (tertiary/aromatic N) is 4. The fourth-order valence-electron chi connectivity index (χ4n) is 3.95. The summed E-state index contributed by atoms with van der Waals surface area (Å²) in [6, 6.07) is 6.76. The number of piperidine rings is 1. The van der Waals surface area contributed by atoms with Crippen LogP contribution < -0.4 is 4.90 Å². The molecule has 3 rings (SSSR count). The molecule has 0 bridgehead atoms. The normalized spacial score (nSPS) is 19.4. The van der Waals surface area contributed by atoms with Gasteiger partial charge in [0, 0.05) is 45.7 Å². The first kappa shape index (κ1) is 18.7. The van der Waals surface area contributed by atoms with Crippen LogP contribution in [0.15, 0.2) is 18.2 Å². The first-order valence-electron chi connectivity index (χ1n) is 9.56. The zero-order valence-corrected chi connectivity index (χ0v) is 15.5. The third-order valence-electron chi connectivity index (χ3n) is 5.69. The van der Waals surface area contributed by atoms with Crippen LogP contribution in [0.5, 0.6) is 0 Å². The van der Waals surface area contributed by atoms with Crippen molar-refractivity contribution in [2.75, 3.05) is 50.7 Å². The van der Waals surface area contributed by atoms with Crippen molar-refractivity contribution in [3.8, 4) is 6.07 Å². The zero-order valence-electron chi connectivity index (χ0n) is 15.5. The minimum absolute atomic E-state index is 0.121. The van der Waals surface area contributed by atoms with Crippen molar-refractivity contribution in [3.05, 3.63) is 29.6 Å². The molecule has 0 atom stereocenters. The molecule has 1 amide bonds. The molecule has 0 aromatic heterocycles. The fourth-order valence-corrected chi connectivity index (χ4v) is 3.95. The lowest BCUT2D eigenvalue weighted by molar-refractivity contribution is -0.134. The molecule has 0 aliphatic carbocycles. The van der Waals surface area contributed by atoms with Crippen LogP contribution in [0, 0.1) is 23.1 Å². The van der Waals surface area contributed by atoms with Crippen LogP contribution in [0.3, 0.4) is 0 Å². The summed E-state index contributed by atoms with van der Waals surface area (Å²) in [6.45, 7) is 8.33. The first-order valence-corrected chi connectivity index (χ1v) is 9.56. The van der Waals surface area contributed by atoms with Crippen LogP contribution in [0.2, 0.25) is 0 Å². The van der Waals surface area contributed by atoms with E-state index in [1.807, 2.05) is 11.0 Å². The molecule has 0 N–H and O–H groups in total. The second-order valence-corrected chi connectivity index (χ2v) is 7.20. The molecule has 0 saturated carbocycles. The van der Waals surface area contributed by atoms with Gasteiger partial charge in [0.15, 0.2) is 0 Å². The van der Waals surface area contributed by atoms with Gasteiger partial charge < -0.3 is 14.7 Å². The maximum atomic E-state index is 13.8. The molecule has 2 aliphatic heterocycles. The Labute approximate surface area is 155 Å². The van der Waals surface area contributed by atoms with Gasteiger partial charge in [-0.2, -0.15) is 5.26 Å². The number of hydrogen-bond acceptors (Lipinski definition) is 4. The Balaban J connectivity index is 1.51. The number of nitriles is 1. The number of carbonyl (C=O) groups is 1. The Bertz CT molecular complexity index is 671. The van der Waals surface area contributed by atoms with E-state index >= 15 is 0 Å². The number of anilines is 1. The van der Waals surface area contributed by atoms with Crippen molar-refractivity contribution in [1.29, 1.82) is 5.26 Å². The van der Waals surface area contributed by atoms with Crippen molar-refractivity contribution in [2.45, 2.75) is 26.2 Å². The second-order valence-electron chi connectivity index (χ2n) is 7.20. The van der Waals surface area contributed by atoms with Gasteiger partial charge in [0.05, 0.1) is 5.69 Å². The predicted octanol–water partition coefficient (Wildman–Crippen LogP) is 2.47. The first-order chi connectivity index (χ1) is 12.6. The Kier molecular flexibility index (Phi) is 6.10. The Morgan fingerprint density at radius 1 is 1.19 bits per heavy atom. The largest absolute Gasteiger partial charge is 0.370 e. The van der Waals surface area contributed by atoms with Crippen molar-refractivity contribution >= 4 is 11.6 Å². The highest BCUT2D eigenvalue weighted by atomic mass is 19.1. The summed E-state index contributed by atoms with van der Waals surface area (Å²) in [6.07, 6.45) is 2.41. The maximum absolute atomic E-state index is 13.8. The predicted molar refractivity (Wildman–Crippen MR) is 99.4 cm³/mol. The number of halogens is 1. The van der Waals surface area contributed by atoms with Crippen molar-refractivity contribution in [1.82, 2.24) is 9.80 Å². The van der Waals surface area contributed by atoms with Gasteiger partial charge in [-0.3, -0.25) is 4.79 Å². The van der Waals surface area contributed by atoms with Gasteiger partial charge in [-0.15, -0.1) is 0 Å². The summed E-state index contributed by atoms with van der Waals surface area (Å²) in [5.74, 6) is 0.179. The number of likely N-dealkylation sites (N-methyl/N-ethyl adjacent to an activating group) is 1. The van der Waals surface area contributed by atoms with Crippen LogP contribution in [-0.4, -0.2) is 61.5 Å². The number of carbonyl (C=O) groups excluding carboxylic acids is 1. The van der Waals surface area contributed by atoms with Gasteiger partial charge >= 0.3 is 0 Å². The smallest absolute Gasteiger partial charge is 0.222 e. The van der Waals surface area contributed by atoms with Gasteiger partial charge in [-0.1, -0.05) is 13.0 Å². The van der Waals surface area contributed by atoms with E-state index in [-0.39, 0.29) is 11.5 Å².